The number of nitrogens with one attached hydrogen (secondary N) is 1. The van der Waals surface area contributed by atoms with Gasteiger partial charge in [-0.3, -0.25) is 9.59 Å². The summed E-state index contributed by atoms with van der Waals surface area (Å²) in [5.74, 6) is 2.87. The highest BCUT2D eigenvalue weighted by Crippen LogP contribution is 2.60. The molecule has 6 rings (SSSR count). The number of hydrogen-bond acceptors (Lipinski definition) is 2. The molecule has 4 nitrogen and oxygen atoms in total. The summed E-state index contributed by atoms with van der Waals surface area (Å²) < 4.78 is 0. The van der Waals surface area contributed by atoms with Crippen LogP contribution in [0.4, 0.5) is 0 Å². The Balaban J connectivity index is 1.19. The van der Waals surface area contributed by atoms with E-state index in [1.807, 2.05) is 30.3 Å². The van der Waals surface area contributed by atoms with Crippen LogP contribution in [-0.2, 0) is 4.79 Å². The molecular weight excluding hydrogens is 336 g/mol. The van der Waals surface area contributed by atoms with Crippen molar-refractivity contribution in [2.24, 2.45) is 23.2 Å². The molecule has 2 amide bonds. The second-order valence-corrected chi connectivity index (χ2v) is 9.60. The van der Waals surface area contributed by atoms with E-state index >= 15 is 0 Å². The normalized spacial score (nSPS) is 35.3. The van der Waals surface area contributed by atoms with Crippen molar-refractivity contribution in [2.75, 3.05) is 13.1 Å². The van der Waals surface area contributed by atoms with Crippen LogP contribution in [0.3, 0.4) is 0 Å². The third kappa shape index (κ3) is 3.17. The minimum absolute atomic E-state index is 0.00135. The van der Waals surface area contributed by atoms with Gasteiger partial charge in [-0.25, -0.2) is 0 Å². The number of amides is 2. The Bertz CT molecular complexity index is 686. The molecule has 0 atom stereocenters. The summed E-state index contributed by atoms with van der Waals surface area (Å²) in [5, 5.41) is 3.15. The van der Waals surface area contributed by atoms with E-state index in [-0.39, 0.29) is 17.4 Å². The van der Waals surface area contributed by atoms with Gasteiger partial charge in [0.05, 0.1) is 5.41 Å². The monoisotopic (exact) mass is 366 g/mol. The third-order valence-electron chi connectivity index (χ3n) is 7.65. The fourth-order valence-corrected chi connectivity index (χ4v) is 6.79. The summed E-state index contributed by atoms with van der Waals surface area (Å²) in [6, 6.07) is 9.58. The second-order valence-electron chi connectivity index (χ2n) is 9.60. The van der Waals surface area contributed by atoms with Crippen molar-refractivity contribution >= 4 is 11.8 Å². The molecule has 1 heterocycles. The van der Waals surface area contributed by atoms with Gasteiger partial charge < -0.3 is 10.2 Å². The van der Waals surface area contributed by atoms with Crippen LogP contribution in [-0.4, -0.2) is 35.8 Å². The van der Waals surface area contributed by atoms with Gasteiger partial charge in [-0.05, 0) is 81.3 Å². The Morgan fingerprint density at radius 3 is 2.00 bits per heavy atom. The zero-order valence-electron chi connectivity index (χ0n) is 16.0. The van der Waals surface area contributed by atoms with Gasteiger partial charge in [0.15, 0.2) is 0 Å². The van der Waals surface area contributed by atoms with Crippen LogP contribution >= 0.6 is 0 Å². The molecule has 1 aromatic rings. The minimum Gasteiger partial charge on any atom is -0.349 e. The van der Waals surface area contributed by atoms with E-state index in [2.05, 4.69) is 10.2 Å². The van der Waals surface area contributed by atoms with Gasteiger partial charge >= 0.3 is 0 Å². The molecular formula is C23H30N2O2. The highest BCUT2D eigenvalue weighted by Gasteiger charge is 2.55. The van der Waals surface area contributed by atoms with Crippen molar-refractivity contribution in [2.45, 2.75) is 57.4 Å². The zero-order chi connectivity index (χ0) is 18.4. The van der Waals surface area contributed by atoms with Crippen LogP contribution in [0.25, 0.3) is 0 Å². The number of likely N-dealkylation sites (tertiary alicyclic amines) is 1. The fourth-order valence-electron chi connectivity index (χ4n) is 6.79. The molecule has 0 unspecified atom stereocenters. The lowest BCUT2D eigenvalue weighted by Crippen LogP contribution is -2.56. The van der Waals surface area contributed by atoms with E-state index in [0.717, 1.165) is 62.9 Å². The predicted molar refractivity (Wildman–Crippen MR) is 104 cm³/mol. The minimum atomic E-state index is -0.0329. The van der Waals surface area contributed by atoms with Crippen LogP contribution < -0.4 is 5.32 Å². The Morgan fingerprint density at radius 1 is 0.889 bits per heavy atom. The SMILES string of the molecule is O=C(NC1CCN(C(=O)C23CC4CC(CC(C4)C2)C3)CC1)c1ccccc1. The first-order valence-corrected chi connectivity index (χ1v) is 10.8. The Hall–Kier alpha value is -1.84. The molecule has 1 aliphatic heterocycles. The van der Waals surface area contributed by atoms with Gasteiger partial charge in [-0.15, -0.1) is 0 Å². The number of benzene rings is 1. The molecule has 144 valence electrons. The summed E-state index contributed by atoms with van der Waals surface area (Å²) in [6.07, 6.45) is 9.29. The first-order valence-electron chi connectivity index (χ1n) is 10.8. The molecule has 0 spiro atoms. The average molecular weight is 367 g/mol. The van der Waals surface area contributed by atoms with E-state index in [0.29, 0.717) is 11.5 Å². The molecule has 1 aromatic carbocycles. The number of carbonyl (C=O) groups is 2. The van der Waals surface area contributed by atoms with E-state index in [4.69, 9.17) is 0 Å². The van der Waals surface area contributed by atoms with E-state index in [9.17, 15) is 9.59 Å². The van der Waals surface area contributed by atoms with Crippen LogP contribution in [0.5, 0.6) is 0 Å². The van der Waals surface area contributed by atoms with Gasteiger partial charge in [0.2, 0.25) is 5.91 Å². The van der Waals surface area contributed by atoms with E-state index < -0.39 is 0 Å². The van der Waals surface area contributed by atoms with Crippen LogP contribution in [0, 0.1) is 23.2 Å². The van der Waals surface area contributed by atoms with Gasteiger partial charge in [0, 0.05) is 24.7 Å². The molecule has 0 radical (unpaired) electrons. The predicted octanol–water partition coefficient (Wildman–Crippen LogP) is 3.62. The maximum atomic E-state index is 13.4. The second kappa shape index (κ2) is 6.65. The van der Waals surface area contributed by atoms with Crippen molar-refractivity contribution in [3.05, 3.63) is 35.9 Å². The maximum Gasteiger partial charge on any atom is 0.251 e. The van der Waals surface area contributed by atoms with Gasteiger partial charge in [-0.1, -0.05) is 18.2 Å². The molecule has 5 aliphatic rings. The fraction of sp³-hybridized carbons (Fsp3) is 0.652. The number of piperidine rings is 1. The summed E-state index contributed by atoms with van der Waals surface area (Å²) in [7, 11) is 0. The first-order chi connectivity index (χ1) is 13.1. The molecule has 1 saturated heterocycles. The van der Waals surface area contributed by atoms with Crippen molar-refractivity contribution in [3.63, 3.8) is 0 Å². The standard InChI is InChI=1S/C23H30N2O2/c26-21(19-4-2-1-3-5-19)24-20-6-8-25(9-7-20)22(27)23-13-16-10-17(14-23)12-18(11-16)15-23/h1-5,16-18,20H,6-15H2,(H,24,26). The summed E-state index contributed by atoms with van der Waals surface area (Å²) in [5.41, 5.74) is 0.680. The topological polar surface area (TPSA) is 49.4 Å². The molecule has 4 saturated carbocycles. The number of rotatable bonds is 3. The molecule has 4 bridgehead atoms. The third-order valence-corrected chi connectivity index (χ3v) is 7.65. The lowest BCUT2D eigenvalue weighted by Gasteiger charge is -2.57. The Morgan fingerprint density at radius 2 is 1.44 bits per heavy atom. The summed E-state index contributed by atoms with van der Waals surface area (Å²) >= 11 is 0. The van der Waals surface area contributed by atoms with Gasteiger partial charge in [-0.2, -0.15) is 0 Å². The Labute approximate surface area is 161 Å². The van der Waals surface area contributed by atoms with Crippen molar-refractivity contribution in [3.8, 4) is 0 Å². The lowest BCUT2D eigenvalue weighted by atomic mass is 9.49. The zero-order valence-corrected chi connectivity index (χ0v) is 16.0. The van der Waals surface area contributed by atoms with E-state index in [1.165, 1.54) is 19.3 Å². The van der Waals surface area contributed by atoms with Crippen LogP contribution in [0.1, 0.15) is 61.7 Å². The van der Waals surface area contributed by atoms with Crippen LogP contribution in [0.2, 0.25) is 0 Å². The molecule has 5 fully saturated rings. The van der Waals surface area contributed by atoms with Gasteiger partial charge in [0.1, 0.15) is 0 Å². The van der Waals surface area contributed by atoms with E-state index in [1.54, 1.807) is 0 Å². The molecule has 4 aliphatic carbocycles. The molecule has 0 aromatic heterocycles. The number of hydrogen-bond donors (Lipinski definition) is 1. The largest absolute Gasteiger partial charge is 0.349 e. The summed E-state index contributed by atoms with van der Waals surface area (Å²) in [4.78, 5) is 27.9. The van der Waals surface area contributed by atoms with Gasteiger partial charge in [0.25, 0.3) is 5.91 Å². The average Bonchev–Trinajstić information content (AvgIpc) is 2.68. The maximum absolute atomic E-state index is 13.4. The molecule has 4 heteroatoms. The van der Waals surface area contributed by atoms with Crippen molar-refractivity contribution in [1.82, 2.24) is 10.2 Å². The van der Waals surface area contributed by atoms with Crippen molar-refractivity contribution in [1.29, 1.82) is 0 Å². The number of nitrogens with zero attached hydrogens (tertiary/aromatic N) is 1. The smallest absolute Gasteiger partial charge is 0.251 e. The quantitative estimate of drug-likeness (QED) is 0.888. The lowest BCUT2D eigenvalue weighted by molar-refractivity contribution is -0.158. The number of carbonyl (C=O) groups excluding carboxylic acids is 2. The summed E-state index contributed by atoms with van der Waals surface area (Å²) in [6.45, 7) is 1.58. The molecule has 27 heavy (non-hydrogen) atoms. The molecule has 1 N–H and O–H groups in total. The van der Waals surface area contributed by atoms with Crippen molar-refractivity contribution < 1.29 is 9.59 Å². The first kappa shape index (κ1) is 17.3. The highest BCUT2D eigenvalue weighted by molar-refractivity contribution is 5.94. The Kier molecular flexibility index (Phi) is 4.25. The highest BCUT2D eigenvalue weighted by atomic mass is 16.2. The van der Waals surface area contributed by atoms with Crippen LogP contribution in [0.15, 0.2) is 30.3 Å².